The van der Waals surface area contributed by atoms with Crippen LogP contribution in [0.4, 0.5) is 0 Å². The smallest absolute Gasteiger partial charge is 0.339 e. The number of carbonyl (C=O) groups excluding carboxylic acids is 2. The topological polar surface area (TPSA) is 77.6 Å². The van der Waals surface area contributed by atoms with Gasteiger partial charge in [0.15, 0.2) is 0 Å². The molecule has 5 aromatic rings. The zero-order valence-electron chi connectivity index (χ0n) is 22.9. The van der Waals surface area contributed by atoms with E-state index in [1.54, 1.807) is 30.5 Å². The summed E-state index contributed by atoms with van der Waals surface area (Å²) in [6.07, 6.45) is 1.61. The normalized spacial score (nSPS) is 11.1. The summed E-state index contributed by atoms with van der Waals surface area (Å²) >= 11 is 0. The van der Waals surface area contributed by atoms with Crippen molar-refractivity contribution in [3.8, 4) is 22.6 Å². The van der Waals surface area contributed by atoms with E-state index in [2.05, 4.69) is 46.3 Å². The molecule has 0 fully saturated rings. The molecule has 0 aliphatic rings. The average molecular weight is 531 g/mol. The van der Waals surface area contributed by atoms with Crippen LogP contribution in [0.25, 0.3) is 22.6 Å². The van der Waals surface area contributed by atoms with Crippen LogP contribution in [-0.2, 0) is 4.74 Å². The van der Waals surface area contributed by atoms with Gasteiger partial charge >= 0.3 is 5.97 Å². The van der Waals surface area contributed by atoms with Gasteiger partial charge in [-0.05, 0) is 80.9 Å². The van der Waals surface area contributed by atoms with E-state index < -0.39 is 5.97 Å². The number of aryl methyl sites for hydroxylation is 2. The molecule has 1 amide bonds. The third-order valence-corrected chi connectivity index (χ3v) is 6.92. The summed E-state index contributed by atoms with van der Waals surface area (Å²) in [4.78, 5) is 25.1. The van der Waals surface area contributed by atoms with Crippen LogP contribution in [0.15, 0.2) is 102 Å². The zero-order chi connectivity index (χ0) is 28.2. The first-order chi connectivity index (χ1) is 19.4. The number of para-hydroxylation sites is 1. The van der Waals surface area contributed by atoms with E-state index in [1.165, 1.54) is 7.11 Å². The number of esters is 1. The standard InChI is InChI=1S/C33H30N4O3/c1-22-14-19-30(25-10-6-5-7-11-25)37(22)28-17-15-26(16-18-28)32(38)35-34-21-27-20-23(2)36(24(27)3)31-13-9-8-12-29(31)33(39)40-4/h5-21H,1-4H3,(H,35,38)/b34-21+. The number of hydrazone groups is 1. The number of hydrogen-bond donors (Lipinski definition) is 1. The van der Waals surface area contributed by atoms with Gasteiger partial charge in [0.05, 0.1) is 30.3 Å². The highest BCUT2D eigenvalue weighted by molar-refractivity contribution is 5.95. The minimum atomic E-state index is -0.403. The molecule has 7 heteroatoms. The molecule has 0 radical (unpaired) electrons. The molecule has 200 valence electrons. The number of amides is 1. The minimum Gasteiger partial charge on any atom is -0.465 e. The van der Waals surface area contributed by atoms with Gasteiger partial charge in [-0.2, -0.15) is 5.10 Å². The summed E-state index contributed by atoms with van der Waals surface area (Å²) in [6, 6.07) is 31.1. The van der Waals surface area contributed by atoms with Gasteiger partial charge in [-0.3, -0.25) is 4.79 Å². The summed E-state index contributed by atoms with van der Waals surface area (Å²) in [5.74, 6) is -0.708. The van der Waals surface area contributed by atoms with Gasteiger partial charge in [0.25, 0.3) is 5.91 Å². The molecule has 5 rings (SSSR count). The summed E-state index contributed by atoms with van der Waals surface area (Å²) in [6.45, 7) is 5.96. The van der Waals surface area contributed by atoms with E-state index in [1.807, 2.05) is 66.9 Å². The van der Waals surface area contributed by atoms with Crippen LogP contribution in [0, 0.1) is 20.8 Å². The van der Waals surface area contributed by atoms with Crippen molar-refractivity contribution >= 4 is 18.1 Å². The summed E-state index contributed by atoms with van der Waals surface area (Å²) < 4.78 is 9.09. The molecule has 0 bridgehead atoms. The molecule has 0 saturated carbocycles. The highest BCUT2D eigenvalue weighted by atomic mass is 16.5. The fourth-order valence-corrected chi connectivity index (χ4v) is 4.94. The minimum absolute atomic E-state index is 0.305. The molecule has 0 aliphatic carbocycles. The van der Waals surface area contributed by atoms with E-state index >= 15 is 0 Å². The molecule has 0 spiro atoms. The van der Waals surface area contributed by atoms with Gasteiger partial charge in [0.1, 0.15) is 0 Å². The number of nitrogens with one attached hydrogen (secondary N) is 1. The highest BCUT2D eigenvalue weighted by Gasteiger charge is 2.17. The van der Waals surface area contributed by atoms with E-state index in [-0.39, 0.29) is 5.91 Å². The maximum absolute atomic E-state index is 12.8. The van der Waals surface area contributed by atoms with E-state index in [4.69, 9.17) is 4.74 Å². The Labute approximate surface area is 233 Å². The Balaban J connectivity index is 1.32. The molecule has 2 aromatic heterocycles. The molecule has 40 heavy (non-hydrogen) atoms. The van der Waals surface area contributed by atoms with E-state index in [9.17, 15) is 9.59 Å². The Bertz CT molecular complexity index is 1710. The number of benzene rings is 3. The predicted molar refractivity (Wildman–Crippen MR) is 158 cm³/mol. The third-order valence-electron chi connectivity index (χ3n) is 6.92. The lowest BCUT2D eigenvalue weighted by atomic mass is 10.1. The first kappa shape index (κ1) is 26.4. The third kappa shape index (κ3) is 5.09. The van der Waals surface area contributed by atoms with Crippen LogP contribution in [0.2, 0.25) is 0 Å². The van der Waals surface area contributed by atoms with Gasteiger partial charge in [0, 0.05) is 33.9 Å². The Kier molecular flexibility index (Phi) is 7.46. The summed E-state index contributed by atoms with van der Waals surface area (Å²) in [5.41, 5.74) is 11.2. The number of aromatic nitrogens is 2. The Hall–Kier alpha value is -5.17. The molecule has 0 saturated heterocycles. The fourth-order valence-electron chi connectivity index (χ4n) is 4.94. The van der Waals surface area contributed by atoms with Crippen molar-refractivity contribution in [2.75, 3.05) is 7.11 Å². The fraction of sp³-hybridized carbons (Fsp3) is 0.121. The largest absolute Gasteiger partial charge is 0.465 e. The van der Waals surface area contributed by atoms with Crippen molar-refractivity contribution in [2.24, 2.45) is 5.10 Å². The van der Waals surface area contributed by atoms with Gasteiger partial charge in [0.2, 0.25) is 0 Å². The number of carbonyl (C=O) groups is 2. The van der Waals surface area contributed by atoms with Crippen LogP contribution in [0.3, 0.4) is 0 Å². The van der Waals surface area contributed by atoms with Gasteiger partial charge < -0.3 is 13.9 Å². The monoisotopic (exact) mass is 530 g/mol. The van der Waals surface area contributed by atoms with Gasteiger partial charge in [-0.25, -0.2) is 10.2 Å². The molecular formula is C33H30N4O3. The van der Waals surface area contributed by atoms with Crippen molar-refractivity contribution in [3.63, 3.8) is 0 Å². The highest BCUT2D eigenvalue weighted by Crippen LogP contribution is 2.27. The van der Waals surface area contributed by atoms with E-state index in [0.717, 1.165) is 45.3 Å². The molecule has 2 heterocycles. The maximum atomic E-state index is 12.8. The van der Waals surface area contributed by atoms with Crippen molar-refractivity contribution < 1.29 is 14.3 Å². The van der Waals surface area contributed by atoms with Crippen molar-refractivity contribution in [1.29, 1.82) is 0 Å². The maximum Gasteiger partial charge on any atom is 0.339 e. The van der Waals surface area contributed by atoms with Crippen molar-refractivity contribution in [1.82, 2.24) is 14.6 Å². The lowest BCUT2D eigenvalue weighted by molar-refractivity contribution is 0.0600. The van der Waals surface area contributed by atoms with Gasteiger partial charge in [-0.15, -0.1) is 0 Å². The summed E-state index contributed by atoms with van der Waals surface area (Å²) in [5, 5.41) is 4.21. The Morgan fingerprint density at radius 1 is 0.800 bits per heavy atom. The first-order valence-electron chi connectivity index (χ1n) is 12.9. The molecular weight excluding hydrogens is 500 g/mol. The van der Waals surface area contributed by atoms with Crippen molar-refractivity contribution in [3.05, 3.63) is 131 Å². The van der Waals surface area contributed by atoms with Crippen LogP contribution < -0.4 is 5.43 Å². The van der Waals surface area contributed by atoms with Gasteiger partial charge in [-0.1, -0.05) is 42.5 Å². The van der Waals surface area contributed by atoms with Crippen molar-refractivity contribution in [2.45, 2.75) is 20.8 Å². The zero-order valence-corrected chi connectivity index (χ0v) is 22.9. The second-order valence-electron chi connectivity index (χ2n) is 9.48. The number of hydrogen-bond acceptors (Lipinski definition) is 4. The van der Waals surface area contributed by atoms with E-state index in [0.29, 0.717) is 11.1 Å². The van der Waals surface area contributed by atoms with Crippen LogP contribution in [0.1, 0.15) is 43.4 Å². The molecule has 3 aromatic carbocycles. The molecule has 0 aliphatic heterocycles. The number of methoxy groups -OCH3 is 1. The first-order valence-corrected chi connectivity index (χ1v) is 12.9. The van der Waals surface area contributed by atoms with Crippen LogP contribution in [0.5, 0.6) is 0 Å². The number of rotatable bonds is 7. The molecule has 0 atom stereocenters. The lowest BCUT2D eigenvalue weighted by Gasteiger charge is -2.13. The number of nitrogens with zero attached hydrogens (tertiary/aromatic N) is 3. The number of ether oxygens (including phenoxy) is 1. The second kappa shape index (κ2) is 11.3. The van der Waals surface area contributed by atoms with Crippen LogP contribution >= 0.6 is 0 Å². The molecule has 0 unspecified atom stereocenters. The Morgan fingerprint density at radius 2 is 1.50 bits per heavy atom. The Morgan fingerprint density at radius 3 is 2.23 bits per heavy atom. The SMILES string of the molecule is COC(=O)c1ccccc1-n1c(C)cc(/C=N/NC(=O)c2ccc(-n3c(C)ccc3-c3ccccc3)cc2)c1C. The predicted octanol–water partition coefficient (Wildman–Crippen LogP) is 6.41. The second-order valence-corrected chi connectivity index (χ2v) is 9.48. The lowest BCUT2D eigenvalue weighted by Crippen LogP contribution is -2.17. The summed E-state index contributed by atoms with van der Waals surface area (Å²) in [7, 11) is 1.37. The average Bonchev–Trinajstić information content (AvgIpc) is 3.51. The van der Waals surface area contributed by atoms with Crippen LogP contribution in [-0.4, -0.2) is 34.3 Å². The molecule has 1 N–H and O–H groups in total. The molecule has 7 nitrogen and oxygen atoms in total. The quantitative estimate of drug-likeness (QED) is 0.150.